The van der Waals surface area contributed by atoms with E-state index in [9.17, 15) is 13.9 Å². The Morgan fingerprint density at radius 2 is 1.85 bits per heavy atom. The van der Waals surface area contributed by atoms with Crippen LogP contribution < -0.4 is 0 Å². The molecule has 2 saturated heterocycles. The monoisotopic (exact) mass is 663 g/mol. The van der Waals surface area contributed by atoms with Crippen LogP contribution in [0.4, 0.5) is 8.78 Å². The molecule has 0 saturated carbocycles. The molecule has 15 heteroatoms. The number of fused-ring (bicyclic) bond motifs is 2. The molecule has 0 spiro atoms. The molecule has 1 N–H and O–H groups in total. The van der Waals surface area contributed by atoms with Crippen molar-refractivity contribution in [3.05, 3.63) is 106 Å². The summed E-state index contributed by atoms with van der Waals surface area (Å²) in [6.07, 6.45) is -2.94. The van der Waals surface area contributed by atoms with Crippen molar-refractivity contribution in [2.24, 2.45) is 0 Å². The highest BCUT2D eigenvalue weighted by atomic mass is 35.5. The number of aromatic nitrogens is 7. The highest BCUT2D eigenvalue weighted by Gasteiger charge is 2.52. The maximum Gasteiger partial charge on any atom is 0.184 e. The van der Waals surface area contributed by atoms with Crippen molar-refractivity contribution in [2.75, 3.05) is 6.61 Å². The van der Waals surface area contributed by atoms with E-state index in [2.05, 4.69) is 25.4 Å². The molecule has 0 amide bonds. The predicted octanol–water partition coefficient (Wildman–Crippen LogP) is 5.53. The zero-order chi connectivity index (χ0) is 31.5. The van der Waals surface area contributed by atoms with E-state index in [0.29, 0.717) is 11.6 Å². The molecule has 2 fully saturated rings. The van der Waals surface area contributed by atoms with E-state index in [1.54, 1.807) is 17.1 Å². The van der Waals surface area contributed by atoms with Crippen LogP contribution in [-0.2, 0) is 14.2 Å². The molecule has 0 radical (unpaired) electrons. The van der Waals surface area contributed by atoms with Crippen LogP contribution in [0.5, 0.6) is 0 Å². The lowest BCUT2D eigenvalue weighted by Crippen LogP contribution is -2.57. The van der Waals surface area contributed by atoms with Gasteiger partial charge in [0, 0.05) is 11.1 Å². The Labute approximate surface area is 269 Å². The Morgan fingerprint density at radius 3 is 2.65 bits per heavy atom. The van der Waals surface area contributed by atoms with E-state index < -0.39 is 53.4 Å². The van der Waals surface area contributed by atoms with Gasteiger partial charge in [0.25, 0.3) is 0 Å². The van der Waals surface area contributed by atoms with Crippen LogP contribution in [0.2, 0.25) is 5.02 Å². The van der Waals surface area contributed by atoms with Crippen molar-refractivity contribution in [1.82, 2.24) is 34.7 Å². The van der Waals surface area contributed by atoms with Crippen molar-refractivity contribution in [3.8, 4) is 16.9 Å². The van der Waals surface area contributed by atoms with Gasteiger partial charge in [-0.1, -0.05) is 47.1 Å². The number of nitrogens with zero attached hydrogens (tertiary/aromatic N) is 7. The Bertz CT molecular complexity index is 2030. The van der Waals surface area contributed by atoms with Gasteiger partial charge in [0.1, 0.15) is 58.6 Å². The van der Waals surface area contributed by atoms with Gasteiger partial charge in [-0.05, 0) is 37.3 Å². The molecule has 0 bridgehead atoms. The minimum absolute atomic E-state index is 0.129. The number of aliphatic hydroxyl groups is 1. The van der Waals surface area contributed by atoms with E-state index in [1.807, 2.05) is 48.5 Å². The highest BCUT2D eigenvalue weighted by Crippen LogP contribution is 2.44. The zero-order valence-electron chi connectivity index (χ0n) is 23.9. The second-order valence-electron chi connectivity index (χ2n) is 11.0. The van der Waals surface area contributed by atoms with Crippen molar-refractivity contribution < 1.29 is 28.1 Å². The number of benzene rings is 3. The Hall–Kier alpha value is -4.18. The molecule has 3 aromatic heterocycles. The Balaban J connectivity index is 1.20. The first-order chi connectivity index (χ1) is 22.3. The van der Waals surface area contributed by atoms with Crippen LogP contribution in [-0.4, -0.2) is 64.8 Å². The number of hydrogen-bond donors (Lipinski definition) is 1. The van der Waals surface area contributed by atoms with Crippen molar-refractivity contribution in [3.63, 3.8) is 0 Å². The van der Waals surface area contributed by atoms with Gasteiger partial charge < -0.3 is 19.3 Å². The van der Waals surface area contributed by atoms with Gasteiger partial charge in [0.05, 0.1) is 34.2 Å². The molecule has 3 aromatic carbocycles. The maximum atomic E-state index is 14.3. The molecule has 8 rings (SSSR count). The first-order valence-corrected chi connectivity index (χ1v) is 15.6. The topological polar surface area (TPSA) is 122 Å². The lowest BCUT2D eigenvalue weighted by atomic mass is 9.91. The smallest absolute Gasteiger partial charge is 0.184 e. The summed E-state index contributed by atoms with van der Waals surface area (Å²) in [6, 6.07) is 16.4. The van der Waals surface area contributed by atoms with Gasteiger partial charge in [-0.3, -0.25) is 0 Å². The SMILES string of the molecule is Cc1nc([C@@H]2O[C@@H]3COC(c4ccccc4)O[C@@H]3[C@H](n3cc(-c4cc(F)c(Cl)c(F)c4)nn3)[C@H]2O)n(-c2ccc3ncsc3c2)n1. The highest BCUT2D eigenvalue weighted by molar-refractivity contribution is 7.16. The number of aliphatic hydroxyl groups excluding tert-OH is 1. The summed E-state index contributed by atoms with van der Waals surface area (Å²) in [5.74, 6) is -1.02. The van der Waals surface area contributed by atoms with E-state index in [1.165, 1.54) is 22.2 Å². The van der Waals surface area contributed by atoms with E-state index in [0.717, 1.165) is 33.6 Å². The summed E-state index contributed by atoms with van der Waals surface area (Å²) in [7, 11) is 0. The van der Waals surface area contributed by atoms with Gasteiger partial charge >= 0.3 is 0 Å². The molecule has 6 aromatic rings. The molecule has 5 heterocycles. The predicted molar refractivity (Wildman–Crippen MR) is 162 cm³/mol. The van der Waals surface area contributed by atoms with Crippen LogP contribution in [0.1, 0.15) is 35.6 Å². The molecule has 0 aliphatic carbocycles. The Kier molecular flexibility index (Phi) is 7.35. The van der Waals surface area contributed by atoms with Crippen LogP contribution in [0.3, 0.4) is 0 Å². The third kappa shape index (κ3) is 5.07. The fourth-order valence-electron chi connectivity index (χ4n) is 5.95. The van der Waals surface area contributed by atoms with Gasteiger partial charge in [0.2, 0.25) is 0 Å². The molecule has 11 nitrogen and oxygen atoms in total. The summed E-state index contributed by atoms with van der Waals surface area (Å²) in [4.78, 5) is 9.02. The number of rotatable bonds is 5. The lowest BCUT2D eigenvalue weighted by Gasteiger charge is -2.47. The van der Waals surface area contributed by atoms with E-state index in [-0.39, 0.29) is 17.9 Å². The van der Waals surface area contributed by atoms with Crippen molar-refractivity contribution >= 4 is 33.2 Å². The number of thiazole rings is 1. The van der Waals surface area contributed by atoms with Crippen LogP contribution >= 0.6 is 22.9 Å². The van der Waals surface area contributed by atoms with Gasteiger partial charge in [0.15, 0.2) is 12.1 Å². The molecule has 1 unspecified atom stereocenters. The normalized spacial score (nSPS) is 24.7. The summed E-state index contributed by atoms with van der Waals surface area (Å²) in [5, 5.41) is 24.6. The van der Waals surface area contributed by atoms with E-state index in [4.69, 9.17) is 25.8 Å². The molecular formula is C31H24ClF2N7O4S. The average Bonchev–Trinajstić information content (AvgIpc) is 3.83. The van der Waals surface area contributed by atoms with Gasteiger partial charge in [-0.25, -0.2) is 28.1 Å². The number of ether oxygens (including phenoxy) is 3. The number of hydrogen-bond acceptors (Lipinski definition) is 10. The molecule has 2 aliphatic heterocycles. The molecule has 46 heavy (non-hydrogen) atoms. The second kappa shape index (κ2) is 11.6. The summed E-state index contributed by atoms with van der Waals surface area (Å²) >= 11 is 7.20. The Morgan fingerprint density at radius 1 is 1.04 bits per heavy atom. The lowest BCUT2D eigenvalue weighted by molar-refractivity contribution is -0.319. The molecule has 6 atom stereocenters. The van der Waals surface area contributed by atoms with E-state index >= 15 is 0 Å². The van der Waals surface area contributed by atoms with Crippen LogP contribution in [0.15, 0.2) is 72.4 Å². The first kappa shape index (κ1) is 29.2. The summed E-state index contributed by atoms with van der Waals surface area (Å²) in [6.45, 7) is 1.89. The van der Waals surface area contributed by atoms with Crippen LogP contribution in [0, 0.1) is 18.6 Å². The minimum atomic E-state index is -1.28. The quantitative estimate of drug-likeness (QED) is 0.237. The number of halogens is 3. The summed E-state index contributed by atoms with van der Waals surface area (Å²) < 4.78 is 51.7. The second-order valence-corrected chi connectivity index (χ2v) is 12.3. The summed E-state index contributed by atoms with van der Waals surface area (Å²) in [5.41, 5.74) is 4.43. The largest absolute Gasteiger partial charge is 0.388 e. The number of aryl methyl sites for hydroxylation is 1. The van der Waals surface area contributed by atoms with Gasteiger partial charge in [-0.15, -0.1) is 16.4 Å². The standard InChI is InChI=1S/C31H24ClF2N7O4S/c1-15-36-30(41(38-15)18-7-8-21-24(11-18)46-14-35-21)29-27(42)26(28-23(44-29)13-43-31(45-28)16-5-3-2-4-6-16)40-12-22(37-39-40)17-9-19(33)25(32)20(34)10-17/h2-12,14,23,26-29,31,42H,13H2,1H3/t23-,26-,27-,28+,29-,31?/m1/s1. The molecule has 234 valence electrons. The maximum absolute atomic E-state index is 14.3. The fraction of sp³-hybridized carbons (Fsp3) is 0.258. The molecule has 2 aliphatic rings. The zero-order valence-corrected chi connectivity index (χ0v) is 25.5. The fourth-order valence-corrected chi connectivity index (χ4v) is 6.77. The minimum Gasteiger partial charge on any atom is -0.388 e. The van der Waals surface area contributed by atoms with Crippen molar-refractivity contribution in [2.45, 2.75) is 43.7 Å². The van der Waals surface area contributed by atoms with Crippen molar-refractivity contribution in [1.29, 1.82) is 0 Å². The third-order valence-corrected chi connectivity index (χ3v) is 9.25. The average molecular weight is 664 g/mol. The van der Waals surface area contributed by atoms with Crippen LogP contribution in [0.25, 0.3) is 27.2 Å². The third-order valence-electron chi connectivity index (χ3n) is 8.10. The first-order valence-electron chi connectivity index (χ1n) is 14.3. The molecular weight excluding hydrogens is 640 g/mol. The van der Waals surface area contributed by atoms with Gasteiger partial charge in [-0.2, -0.15) is 5.10 Å².